The van der Waals surface area contributed by atoms with Crippen LogP contribution in [-0.2, 0) is 0 Å². The van der Waals surface area contributed by atoms with Crippen LogP contribution in [0.25, 0.3) is 0 Å². The second-order valence-electron chi connectivity index (χ2n) is 5.45. The number of hydrogen-bond donors (Lipinski definition) is 1. The summed E-state index contributed by atoms with van der Waals surface area (Å²) in [5.74, 6) is 1.81. The highest BCUT2D eigenvalue weighted by Crippen LogP contribution is 2.33. The average Bonchev–Trinajstić information content (AvgIpc) is 2.89. The topological polar surface area (TPSA) is 35.2 Å². The molecule has 2 rings (SSSR count). The van der Waals surface area contributed by atoms with E-state index >= 15 is 0 Å². The lowest BCUT2D eigenvalue weighted by Crippen LogP contribution is -2.12. The Kier molecular flexibility index (Phi) is 5.71. The van der Waals surface area contributed by atoms with E-state index in [0.717, 1.165) is 22.6 Å². The minimum absolute atomic E-state index is 0.130. The first-order valence-electron chi connectivity index (χ1n) is 7.38. The van der Waals surface area contributed by atoms with Crippen molar-refractivity contribution in [3.8, 4) is 5.75 Å². The van der Waals surface area contributed by atoms with Crippen LogP contribution in [0.2, 0.25) is 0 Å². The molecule has 0 aliphatic heterocycles. The average molecular weight is 326 g/mol. The van der Waals surface area contributed by atoms with E-state index in [0.29, 0.717) is 6.61 Å². The summed E-state index contributed by atoms with van der Waals surface area (Å²) in [5.41, 5.74) is 7.52. The van der Waals surface area contributed by atoms with Gasteiger partial charge in [0.1, 0.15) is 5.75 Å². The highest BCUT2D eigenvalue weighted by molar-refractivity contribution is 9.10. The van der Waals surface area contributed by atoms with E-state index in [1.807, 2.05) is 19.1 Å². The van der Waals surface area contributed by atoms with Crippen molar-refractivity contribution in [2.24, 2.45) is 11.7 Å². The molecule has 19 heavy (non-hydrogen) atoms. The quantitative estimate of drug-likeness (QED) is 0.813. The van der Waals surface area contributed by atoms with E-state index in [2.05, 4.69) is 22.0 Å². The Morgan fingerprint density at radius 2 is 2.11 bits per heavy atom. The van der Waals surface area contributed by atoms with Gasteiger partial charge in [0, 0.05) is 10.5 Å². The molecule has 0 bridgehead atoms. The Bertz CT molecular complexity index is 402. The van der Waals surface area contributed by atoms with Gasteiger partial charge >= 0.3 is 0 Å². The highest BCUT2D eigenvalue weighted by Gasteiger charge is 2.17. The SMILES string of the molecule is CCOc1ccc(C(N)CCC2CCCC2)c(Br)c1. The molecular formula is C16H24BrNO. The standard InChI is InChI=1S/C16H24BrNO/c1-2-19-13-8-9-14(15(17)11-13)16(18)10-7-12-5-3-4-6-12/h8-9,11-12,16H,2-7,10,18H2,1H3. The fourth-order valence-electron chi connectivity index (χ4n) is 2.93. The van der Waals surface area contributed by atoms with Crippen molar-refractivity contribution in [2.75, 3.05) is 6.61 Å². The highest BCUT2D eigenvalue weighted by atomic mass is 79.9. The first-order chi connectivity index (χ1) is 9.20. The van der Waals surface area contributed by atoms with Gasteiger partial charge in [-0.3, -0.25) is 0 Å². The van der Waals surface area contributed by atoms with Gasteiger partial charge in [0.05, 0.1) is 6.61 Å². The monoisotopic (exact) mass is 325 g/mol. The lowest BCUT2D eigenvalue weighted by atomic mass is 9.95. The van der Waals surface area contributed by atoms with Crippen molar-refractivity contribution in [1.82, 2.24) is 0 Å². The van der Waals surface area contributed by atoms with Crippen LogP contribution in [0.15, 0.2) is 22.7 Å². The predicted octanol–water partition coefficient (Wildman–Crippen LogP) is 4.82. The third-order valence-electron chi connectivity index (χ3n) is 4.04. The molecular weight excluding hydrogens is 302 g/mol. The van der Waals surface area contributed by atoms with Gasteiger partial charge in [-0.25, -0.2) is 0 Å². The maximum Gasteiger partial charge on any atom is 0.120 e. The minimum Gasteiger partial charge on any atom is -0.494 e. The van der Waals surface area contributed by atoms with Crippen LogP contribution in [0.3, 0.4) is 0 Å². The van der Waals surface area contributed by atoms with E-state index in [9.17, 15) is 0 Å². The lowest BCUT2D eigenvalue weighted by molar-refractivity contribution is 0.340. The van der Waals surface area contributed by atoms with Gasteiger partial charge in [0.25, 0.3) is 0 Å². The van der Waals surface area contributed by atoms with Crippen LogP contribution in [-0.4, -0.2) is 6.61 Å². The number of nitrogens with two attached hydrogens (primary N) is 1. The van der Waals surface area contributed by atoms with Crippen molar-refractivity contribution in [2.45, 2.75) is 51.5 Å². The van der Waals surface area contributed by atoms with Gasteiger partial charge < -0.3 is 10.5 Å². The van der Waals surface area contributed by atoms with Crippen LogP contribution in [0.5, 0.6) is 5.75 Å². The minimum atomic E-state index is 0.130. The van der Waals surface area contributed by atoms with Gasteiger partial charge in [-0.2, -0.15) is 0 Å². The van der Waals surface area contributed by atoms with Crippen LogP contribution in [0, 0.1) is 5.92 Å². The Morgan fingerprint density at radius 3 is 2.74 bits per heavy atom. The summed E-state index contributed by atoms with van der Waals surface area (Å²) >= 11 is 3.61. The maximum atomic E-state index is 6.33. The summed E-state index contributed by atoms with van der Waals surface area (Å²) in [7, 11) is 0. The third-order valence-corrected chi connectivity index (χ3v) is 4.73. The second-order valence-corrected chi connectivity index (χ2v) is 6.30. The van der Waals surface area contributed by atoms with E-state index in [1.165, 1.54) is 37.7 Å². The molecule has 0 heterocycles. The molecule has 0 radical (unpaired) electrons. The molecule has 1 atom stereocenters. The Labute approximate surface area is 124 Å². The van der Waals surface area contributed by atoms with Crippen molar-refractivity contribution in [3.63, 3.8) is 0 Å². The van der Waals surface area contributed by atoms with Crippen LogP contribution < -0.4 is 10.5 Å². The zero-order chi connectivity index (χ0) is 13.7. The normalized spacial score (nSPS) is 17.6. The molecule has 1 saturated carbocycles. The number of benzene rings is 1. The molecule has 1 aliphatic carbocycles. The summed E-state index contributed by atoms with van der Waals surface area (Å²) in [6.07, 6.45) is 7.96. The zero-order valence-electron chi connectivity index (χ0n) is 11.7. The van der Waals surface area contributed by atoms with Gasteiger partial charge in [0.2, 0.25) is 0 Å². The van der Waals surface area contributed by atoms with Crippen molar-refractivity contribution < 1.29 is 4.74 Å². The summed E-state index contributed by atoms with van der Waals surface area (Å²) < 4.78 is 6.56. The molecule has 0 saturated heterocycles. The number of halogens is 1. The smallest absolute Gasteiger partial charge is 0.120 e. The molecule has 2 N–H and O–H groups in total. The zero-order valence-corrected chi connectivity index (χ0v) is 13.3. The summed E-state index contributed by atoms with van der Waals surface area (Å²) in [6, 6.07) is 6.26. The molecule has 0 spiro atoms. The molecule has 1 unspecified atom stereocenters. The number of rotatable bonds is 6. The van der Waals surface area contributed by atoms with E-state index in [4.69, 9.17) is 10.5 Å². The molecule has 0 amide bonds. The molecule has 1 fully saturated rings. The van der Waals surface area contributed by atoms with Crippen molar-refractivity contribution in [3.05, 3.63) is 28.2 Å². The molecule has 0 aromatic heterocycles. The first kappa shape index (κ1) is 14.9. The van der Waals surface area contributed by atoms with Crippen molar-refractivity contribution >= 4 is 15.9 Å². The van der Waals surface area contributed by atoms with E-state index in [-0.39, 0.29) is 6.04 Å². The summed E-state index contributed by atoms with van der Waals surface area (Å²) in [4.78, 5) is 0. The Hall–Kier alpha value is -0.540. The predicted molar refractivity (Wildman–Crippen MR) is 83.4 cm³/mol. The largest absolute Gasteiger partial charge is 0.494 e. The number of ether oxygens (including phenoxy) is 1. The van der Waals surface area contributed by atoms with Crippen molar-refractivity contribution in [1.29, 1.82) is 0 Å². The molecule has 1 aromatic carbocycles. The van der Waals surface area contributed by atoms with Gasteiger partial charge in [0.15, 0.2) is 0 Å². The lowest BCUT2D eigenvalue weighted by Gasteiger charge is -2.17. The maximum absolute atomic E-state index is 6.33. The molecule has 1 aromatic rings. The number of hydrogen-bond acceptors (Lipinski definition) is 2. The molecule has 2 nitrogen and oxygen atoms in total. The molecule has 1 aliphatic rings. The first-order valence-corrected chi connectivity index (χ1v) is 8.17. The Morgan fingerprint density at radius 1 is 1.37 bits per heavy atom. The fraction of sp³-hybridized carbons (Fsp3) is 0.625. The van der Waals surface area contributed by atoms with E-state index in [1.54, 1.807) is 0 Å². The summed E-state index contributed by atoms with van der Waals surface area (Å²) in [5, 5.41) is 0. The molecule has 3 heteroatoms. The fourth-order valence-corrected chi connectivity index (χ4v) is 3.59. The van der Waals surface area contributed by atoms with Crippen LogP contribution in [0.1, 0.15) is 57.1 Å². The van der Waals surface area contributed by atoms with Gasteiger partial charge in [-0.05, 0) is 43.4 Å². The van der Waals surface area contributed by atoms with Crippen LogP contribution in [0.4, 0.5) is 0 Å². The second kappa shape index (κ2) is 7.30. The molecule has 106 valence electrons. The van der Waals surface area contributed by atoms with E-state index < -0.39 is 0 Å². The van der Waals surface area contributed by atoms with Gasteiger partial charge in [-0.15, -0.1) is 0 Å². The van der Waals surface area contributed by atoms with Gasteiger partial charge in [-0.1, -0.05) is 47.7 Å². The van der Waals surface area contributed by atoms with Crippen LogP contribution >= 0.6 is 15.9 Å². The Balaban J connectivity index is 1.92. The summed E-state index contributed by atoms with van der Waals surface area (Å²) in [6.45, 7) is 2.69. The third kappa shape index (κ3) is 4.22.